The molecule has 0 fully saturated rings. The van der Waals surface area contributed by atoms with Gasteiger partial charge in [0, 0.05) is 11.1 Å². The van der Waals surface area contributed by atoms with Crippen LogP contribution >= 0.6 is 0 Å². The van der Waals surface area contributed by atoms with E-state index in [2.05, 4.69) is 0 Å². The minimum absolute atomic E-state index is 0.0303. The fourth-order valence-electron chi connectivity index (χ4n) is 4.12. The van der Waals surface area contributed by atoms with E-state index in [-0.39, 0.29) is 29.3 Å². The molecule has 194 valence electrons. The highest BCUT2D eigenvalue weighted by molar-refractivity contribution is 6.00. The van der Waals surface area contributed by atoms with Crippen molar-refractivity contribution in [3.05, 3.63) is 70.3 Å². The van der Waals surface area contributed by atoms with E-state index in [4.69, 9.17) is 4.74 Å². The lowest BCUT2D eigenvalue weighted by Crippen LogP contribution is -2.36. The van der Waals surface area contributed by atoms with Gasteiger partial charge >= 0.3 is 18.3 Å². The van der Waals surface area contributed by atoms with E-state index >= 15 is 0 Å². The first-order valence-corrected chi connectivity index (χ1v) is 10.5. The number of nitrogens with zero attached hydrogens (tertiary/aromatic N) is 1. The normalized spacial score (nSPS) is 16.9. The smallest absolute Gasteiger partial charge is 0.416 e. The number of anilines is 1. The molecule has 0 aliphatic carbocycles. The summed E-state index contributed by atoms with van der Waals surface area (Å²) in [7, 11) is 0.905. The summed E-state index contributed by atoms with van der Waals surface area (Å²) in [5.74, 6) is -2.97. The molecule has 0 saturated carbocycles. The molecule has 4 nitrogen and oxygen atoms in total. The van der Waals surface area contributed by atoms with Crippen molar-refractivity contribution >= 4 is 23.6 Å². The summed E-state index contributed by atoms with van der Waals surface area (Å²) in [6, 6.07) is 2.99. The van der Waals surface area contributed by atoms with Crippen LogP contribution in [0.15, 0.2) is 42.5 Å². The highest BCUT2D eigenvalue weighted by atomic mass is 19.4. The second kappa shape index (κ2) is 9.90. The third kappa shape index (κ3) is 5.21. The van der Waals surface area contributed by atoms with Gasteiger partial charge in [-0.05, 0) is 54.0 Å². The van der Waals surface area contributed by atoms with Crippen molar-refractivity contribution < 1.29 is 49.4 Å². The summed E-state index contributed by atoms with van der Waals surface area (Å²) in [5.41, 5.74) is -4.69. The number of carbonyl (C=O) groups excluding carboxylic acids is 2. The number of esters is 1. The molecular weight excluding hydrogens is 502 g/mol. The Hall–Kier alpha value is -3.44. The van der Waals surface area contributed by atoms with Crippen LogP contribution in [0.2, 0.25) is 0 Å². The number of carbonyl (C=O) groups is 2. The van der Waals surface area contributed by atoms with Crippen LogP contribution in [0, 0.1) is 0 Å². The molecule has 1 aliphatic rings. The first-order chi connectivity index (χ1) is 16.7. The Kier molecular flexibility index (Phi) is 7.47. The molecule has 0 N–H and O–H groups in total. The Balaban J connectivity index is 2.36. The van der Waals surface area contributed by atoms with Crippen LogP contribution < -0.4 is 4.90 Å². The summed E-state index contributed by atoms with van der Waals surface area (Å²) >= 11 is 0. The van der Waals surface area contributed by atoms with Gasteiger partial charge in [-0.1, -0.05) is 13.0 Å². The van der Waals surface area contributed by atoms with Crippen LogP contribution in [0.4, 0.5) is 40.8 Å². The van der Waals surface area contributed by atoms with Gasteiger partial charge in [-0.25, -0.2) is 8.78 Å². The van der Waals surface area contributed by atoms with Gasteiger partial charge in [-0.3, -0.25) is 9.59 Å². The topological polar surface area (TPSA) is 46.6 Å². The van der Waals surface area contributed by atoms with Gasteiger partial charge in [0.05, 0.1) is 30.0 Å². The zero-order valence-corrected chi connectivity index (χ0v) is 18.8. The van der Waals surface area contributed by atoms with Crippen LogP contribution in [0.25, 0.3) is 5.57 Å². The molecule has 36 heavy (non-hydrogen) atoms. The monoisotopic (exact) mass is 521 g/mol. The third-order valence-electron chi connectivity index (χ3n) is 5.81. The second-order valence-corrected chi connectivity index (χ2v) is 7.98. The van der Waals surface area contributed by atoms with E-state index in [1.807, 2.05) is 0 Å². The summed E-state index contributed by atoms with van der Waals surface area (Å²) in [4.78, 5) is 25.7. The van der Waals surface area contributed by atoms with Gasteiger partial charge in [-0.2, -0.15) is 26.3 Å². The van der Waals surface area contributed by atoms with Crippen molar-refractivity contribution in [1.82, 2.24) is 0 Å². The number of alkyl halides is 8. The zero-order chi connectivity index (χ0) is 27.0. The number of fused-ring (bicyclic) bond motifs is 1. The number of amides is 1. The Bertz CT molecular complexity index is 1190. The maximum absolute atomic E-state index is 13.5. The lowest BCUT2D eigenvalue weighted by atomic mass is 9.80. The average Bonchev–Trinajstić information content (AvgIpc) is 2.81. The van der Waals surface area contributed by atoms with Gasteiger partial charge in [0.1, 0.15) is 5.92 Å². The molecule has 2 atom stereocenters. The van der Waals surface area contributed by atoms with Crippen LogP contribution in [0.5, 0.6) is 0 Å². The second-order valence-electron chi connectivity index (χ2n) is 7.98. The maximum atomic E-state index is 13.5. The predicted molar refractivity (Wildman–Crippen MR) is 113 cm³/mol. The molecule has 3 rings (SSSR count). The van der Waals surface area contributed by atoms with E-state index < -0.39 is 59.0 Å². The number of ether oxygens (including phenoxy) is 1. The standard InChI is InChI=1S/C24H19F8NO3/c1-3-16-10-18(17-9-14(23(27,28)29)4-5-19(17)33(16)11-34)20(22(35)36-2)12-6-13(21(25)26)8-15(7-12)24(30,31)32/h4-11,16,20-21H,3H2,1-2H3. The summed E-state index contributed by atoms with van der Waals surface area (Å²) in [5, 5.41) is 0. The molecule has 0 spiro atoms. The Labute approximate surface area is 200 Å². The molecule has 2 unspecified atom stereocenters. The van der Waals surface area contributed by atoms with Crippen molar-refractivity contribution in [2.24, 2.45) is 0 Å². The van der Waals surface area contributed by atoms with E-state index in [9.17, 15) is 44.7 Å². The van der Waals surface area contributed by atoms with Crippen molar-refractivity contribution in [2.45, 2.75) is 44.1 Å². The molecule has 0 bridgehead atoms. The van der Waals surface area contributed by atoms with Crippen LogP contribution in [-0.2, 0) is 26.7 Å². The molecule has 0 aromatic heterocycles. The Morgan fingerprint density at radius 2 is 1.61 bits per heavy atom. The number of benzene rings is 2. The minimum atomic E-state index is -5.05. The summed E-state index contributed by atoms with van der Waals surface area (Å²) in [6.07, 6.45) is -11.3. The highest BCUT2D eigenvalue weighted by Crippen LogP contribution is 2.46. The molecule has 12 heteroatoms. The number of methoxy groups -OCH3 is 1. The van der Waals surface area contributed by atoms with Crippen molar-refractivity contribution in [2.75, 3.05) is 12.0 Å². The average molecular weight is 521 g/mol. The molecule has 1 heterocycles. The van der Waals surface area contributed by atoms with Crippen LogP contribution in [-0.4, -0.2) is 25.5 Å². The number of rotatable bonds is 6. The molecule has 1 amide bonds. The van der Waals surface area contributed by atoms with E-state index in [0.29, 0.717) is 24.6 Å². The van der Waals surface area contributed by atoms with Crippen molar-refractivity contribution in [3.8, 4) is 0 Å². The number of hydrogen-bond donors (Lipinski definition) is 0. The van der Waals surface area contributed by atoms with Gasteiger partial charge in [-0.15, -0.1) is 0 Å². The fraction of sp³-hybridized carbons (Fsp3) is 0.333. The predicted octanol–water partition coefficient (Wildman–Crippen LogP) is 6.76. The summed E-state index contributed by atoms with van der Waals surface area (Å²) in [6.45, 7) is 1.64. The largest absolute Gasteiger partial charge is 0.468 e. The number of hydrogen-bond acceptors (Lipinski definition) is 3. The Morgan fingerprint density at radius 1 is 1.00 bits per heavy atom. The van der Waals surface area contributed by atoms with Gasteiger partial charge in [0.2, 0.25) is 6.41 Å². The SMILES string of the molecule is CCC1C=C(C(C(=O)OC)c2cc(C(F)F)cc(C(F)(F)F)c2)c2cc(C(F)(F)F)ccc2N1C=O. The van der Waals surface area contributed by atoms with Crippen molar-refractivity contribution in [1.29, 1.82) is 0 Å². The maximum Gasteiger partial charge on any atom is 0.416 e. The first-order valence-electron chi connectivity index (χ1n) is 10.5. The first kappa shape index (κ1) is 27.2. The molecular formula is C24H19F8NO3. The van der Waals surface area contributed by atoms with Gasteiger partial charge in [0.15, 0.2) is 0 Å². The van der Waals surface area contributed by atoms with Gasteiger partial charge < -0.3 is 9.64 Å². The van der Waals surface area contributed by atoms with E-state index in [1.165, 1.54) is 6.08 Å². The molecule has 0 saturated heterocycles. The van der Waals surface area contributed by atoms with E-state index in [0.717, 1.165) is 24.1 Å². The third-order valence-corrected chi connectivity index (χ3v) is 5.81. The Morgan fingerprint density at radius 3 is 2.11 bits per heavy atom. The minimum Gasteiger partial charge on any atom is -0.468 e. The van der Waals surface area contributed by atoms with Crippen molar-refractivity contribution in [3.63, 3.8) is 0 Å². The highest BCUT2D eigenvalue weighted by Gasteiger charge is 2.39. The van der Waals surface area contributed by atoms with E-state index in [1.54, 1.807) is 6.92 Å². The quantitative estimate of drug-likeness (QED) is 0.240. The fourth-order valence-corrected chi connectivity index (χ4v) is 4.12. The van der Waals surface area contributed by atoms with Gasteiger partial charge in [0.25, 0.3) is 6.43 Å². The summed E-state index contributed by atoms with van der Waals surface area (Å²) < 4.78 is 113. The molecule has 2 aromatic carbocycles. The van der Waals surface area contributed by atoms with Crippen LogP contribution in [0.3, 0.4) is 0 Å². The number of halogens is 8. The lowest BCUT2D eigenvalue weighted by Gasteiger charge is -2.35. The molecule has 1 aliphatic heterocycles. The van der Waals surface area contributed by atoms with Crippen LogP contribution in [0.1, 0.15) is 53.5 Å². The lowest BCUT2D eigenvalue weighted by molar-refractivity contribution is -0.141. The molecule has 2 aromatic rings. The molecule has 0 radical (unpaired) electrons. The zero-order valence-electron chi connectivity index (χ0n) is 18.8.